The van der Waals surface area contributed by atoms with Crippen molar-refractivity contribution >= 4 is 23.5 Å². The molecule has 0 spiro atoms. The zero-order valence-corrected chi connectivity index (χ0v) is 20.6. The van der Waals surface area contributed by atoms with Crippen molar-refractivity contribution in [3.8, 4) is 5.75 Å². The van der Waals surface area contributed by atoms with Crippen LogP contribution in [-0.2, 0) is 24.1 Å². The standard InChI is InChI=1S/C29H30ClNO4/c1-29(19-22-9-12-25(30)13-10-22)20-24-18-23(11-14-26(24)35-29)28(34)31(17-15-27(32)33)16-5-8-21-6-3-2-4-7-21/h2-4,6-7,9-14,18H,5,8,15-17,19-20H2,1H3,(H,32,33)/t29-/m1/s1. The molecule has 4 rings (SSSR count). The number of amides is 1. The van der Waals surface area contributed by atoms with Crippen LogP contribution in [0.2, 0.25) is 5.02 Å². The first kappa shape index (κ1) is 24.8. The predicted octanol–water partition coefficient (Wildman–Crippen LogP) is 5.83. The Bertz CT molecular complexity index is 1180. The quantitative estimate of drug-likeness (QED) is 0.387. The number of carbonyl (C=O) groups is 2. The predicted molar refractivity (Wildman–Crippen MR) is 137 cm³/mol. The smallest absolute Gasteiger partial charge is 0.305 e. The highest BCUT2D eigenvalue weighted by Crippen LogP contribution is 2.37. The molecule has 1 amide bonds. The normalized spacial score (nSPS) is 16.4. The Hall–Kier alpha value is -3.31. The van der Waals surface area contributed by atoms with Gasteiger partial charge in [0.2, 0.25) is 0 Å². The Labute approximate surface area is 211 Å². The van der Waals surface area contributed by atoms with Crippen molar-refractivity contribution in [1.29, 1.82) is 0 Å². The monoisotopic (exact) mass is 491 g/mol. The largest absolute Gasteiger partial charge is 0.487 e. The van der Waals surface area contributed by atoms with Crippen LogP contribution >= 0.6 is 11.6 Å². The van der Waals surface area contributed by atoms with Gasteiger partial charge in [-0.05, 0) is 66.8 Å². The van der Waals surface area contributed by atoms with Crippen LogP contribution in [0.25, 0.3) is 0 Å². The molecule has 0 saturated carbocycles. The highest BCUT2D eigenvalue weighted by Gasteiger charge is 2.35. The molecule has 1 atom stereocenters. The average Bonchev–Trinajstić information content (AvgIpc) is 3.17. The van der Waals surface area contributed by atoms with Crippen molar-refractivity contribution in [3.63, 3.8) is 0 Å². The summed E-state index contributed by atoms with van der Waals surface area (Å²) in [6.07, 6.45) is 2.94. The van der Waals surface area contributed by atoms with Crippen LogP contribution in [0.5, 0.6) is 5.75 Å². The fourth-order valence-corrected chi connectivity index (χ4v) is 4.76. The third-order valence-corrected chi connectivity index (χ3v) is 6.59. The second-order valence-electron chi connectivity index (χ2n) is 9.38. The summed E-state index contributed by atoms with van der Waals surface area (Å²) >= 11 is 6.01. The number of carbonyl (C=O) groups excluding carboxylic acids is 1. The zero-order valence-electron chi connectivity index (χ0n) is 19.9. The molecular weight excluding hydrogens is 462 g/mol. The minimum atomic E-state index is -0.911. The third kappa shape index (κ3) is 6.64. The Kier molecular flexibility index (Phi) is 7.76. The lowest BCUT2D eigenvalue weighted by atomic mass is 9.91. The number of fused-ring (bicyclic) bond motifs is 1. The van der Waals surface area contributed by atoms with Gasteiger partial charge in [0.25, 0.3) is 5.91 Å². The number of carboxylic acids is 1. The first-order chi connectivity index (χ1) is 16.8. The van der Waals surface area contributed by atoms with Crippen LogP contribution in [0.1, 0.15) is 46.8 Å². The van der Waals surface area contributed by atoms with Gasteiger partial charge in [-0.1, -0.05) is 54.1 Å². The lowest BCUT2D eigenvalue weighted by Gasteiger charge is -2.24. The van der Waals surface area contributed by atoms with E-state index in [0.717, 1.165) is 36.1 Å². The molecule has 35 heavy (non-hydrogen) atoms. The van der Waals surface area contributed by atoms with Gasteiger partial charge in [0.05, 0.1) is 6.42 Å². The lowest BCUT2D eigenvalue weighted by molar-refractivity contribution is -0.137. The lowest BCUT2D eigenvalue weighted by Crippen LogP contribution is -2.34. The number of ether oxygens (including phenoxy) is 1. The molecule has 1 aliphatic heterocycles. The zero-order chi connectivity index (χ0) is 24.8. The van der Waals surface area contributed by atoms with E-state index in [1.807, 2.05) is 54.6 Å². The molecule has 6 heteroatoms. The molecule has 1 aliphatic rings. The Morgan fingerprint density at radius 2 is 1.74 bits per heavy atom. The molecule has 0 fully saturated rings. The Morgan fingerprint density at radius 1 is 1.00 bits per heavy atom. The molecule has 0 saturated heterocycles. The van der Waals surface area contributed by atoms with Crippen molar-refractivity contribution in [2.75, 3.05) is 13.1 Å². The topological polar surface area (TPSA) is 66.8 Å². The molecule has 0 bridgehead atoms. The summed E-state index contributed by atoms with van der Waals surface area (Å²) in [7, 11) is 0. The number of aryl methyl sites for hydroxylation is 1. The molecule has 182 valence electrons. The number of hydrogen-bond donors (Lipinski definition) is 1. The van der Waals surface area contributed by atoms with Gasteiger partial charge in [-0.25, -0.2) is 0 Å². The van der Waals surface area contributed by atoms with Gasteiger partial charge in [0, 0.05) is 36.5 Å². The number of aliphatic carboxylic acids is 1. The molecule has 0 aromatic heterocycles. The summed E-state index contributed by atoms with van der Waals surface area (Å²) in [5, 5.41) is 9.88. The Morgan fingerprint density at radius 3 is 2.46 bits per heavy atom. The second-order valence-corrected chi connectivity index (χ2v) is 9.82. The summed E-state index contributed by atoms with van der Waals surface area (Å²) in [6, 6.07) is 23.4. The van der Waals surface area contributed by atoms with E-state index < -0.39 is 11.6 Å². The maximum atomic E-state index is 13.4. The molecule has 0 radical (unpaired) electrons. The molecular formula is C29H30ClNO4. The van der Waals surface area contributed by atoms with E-state index >= 15 is 0 Å². The van der Waals surface area contributed by atoms with Gasteiger partial charge in [-0.3, -0.25) is 9.59 Å². The number of carboxylic acid groups (broad SMARTS) is 1. The minimum absolute atomic E-state index is 0.0791. The van der Waals surface area contributed by atoms with Crippen molar-refractivity contribution < 1.29 is 19.4 Å². The number of nitrogens with zero attached hydrogens (tertiary/aromatic N) is 1. The van der Waals surface area contributed by atoms with Crippen LogP contribution in [0.15, 0.2) is 72.8 Å². The molecule has 3 aromatic rings. The van der Waals surface area contributed by atoms with Crippen LogP contribution in [0.3, 0.4) is 0 Å². The SMILES string of the molecule is C[C@@]1(Cc2ccc(Cl)cc2)Cc2cc(C(=O)N(CCCc3ccccc3)CCC(=O)O)ccc2O1. The first-order valence-electron chi connectivity index (χ1n) is 11.9. The average molecular weight is 492 g/mol. The highest BCUT2D eigenvalue weighted by atomic mass is 35.5. The molecule has 5 nitrogen and oxygen atoms in total. The maximum Gasteiger partial charge on any atom is 0.305 e. The van der Waals surface area contributed by atoms with E-state index in [9.17, 15) is 14.7 Å². The summed E-state index contributed by atoms with van der Waals surface area (Å²) in [6.45, 7) is 2.76. The van der Waals surface area contributed by atoms with Gasteiger partial charge in [-0.2, -0.15) is 0 Å². The first-order valence-corrected chi connectivity index (χ1v) is 12.3. The fourth-order valence-electron chi connectivity index (χ4n) is 4.63. The van der Waals surface area contributed by atoms with Crippen LogP contribution < -0.4 is 4.74 Å². The van der Waals surface area contributed by atoms with E-state index in [4.69, 9.17) is 16.3 Å². The van der Waals surface area contributed by atoms with Crippen molar-refractivity contribution in [2.45, 2.75) is 44.6 Å². The van der Waals surface area contributed by atoms with Gasteiger partial charge in [0.1, 0.15) is 11.4 Å². The third-order valence-electron chi connectivity index (χ3n) is 6.34. The van der Waals surface area contributed by atoms with Crippen LogP contribution in [-0.4, -0.2) is 40.6 Å². The van der Waals surface area contributed by atoms with E-state index in [-0.39, 0.29) is 18.9 Å². The van der Waals surface area contributed by atoms with Gasteiger partial charge in [0.15, 0.2) is 0 Å². The molecule has 1 heterocycles. The van der Waals surface area contributed by atoms with Crippen LogP contribution in [0, 0.1) is 0 Å². The van der Waals surface area contributed by atoms with Gasteiger partial charge < -0.3 is 14.7 Å². The number of halogens is 1. The van der Waals surface area contributed by atoms with Crippen molar-refractivity contribution in [1.82, 2.24) is 4.90 Å². The van der Waals surface area contributed by atoms with E-state index in [0.29, 0.717) is 23.6 Å². The summed E-state index contributed by atoms with van der Waals surface area (Å²) in [4.78, 5) is 26.2. The Balaban J connectivity index is 1.44. The van der Waals surface area contributed by atoms with Crippen LogP contribution in [0.4, 0.5) is 0 Å². The fraction of sp³-hybridized carbons (Fsp3) is 0.310. The van der Waals surface area contributed by atoms with Gasteiger partial charge in [-0.15, -0.1) is 0 Å². The van der Waals surface area contributed by atoms with E-state index in [1.54, 1.807) is 11.0 Å². The maximum absolute atomic E-state index is 13.4. The van der Waals surface area contributed by atoms with Crippen molar-refractivity contribution in [3.05, 3.63) is 100 Å². The van der Waals surface area contributed by atoms with Gasteiger partial charge >= 0.3 is 5.97 Å². The minimum Gasteiger partial charge on any atom is -0.487 e. The second kappa shape index (κ2) is 11.0. The molecule has 0 aliphatic carbocycles. The number of rotatable bonds is 10. The summed E-state index contributed by atoms with van der Waals surface area (Å²) in [5.41, 5.74) is 3.49. The summed E-state index contributed by atoms with van der Waals surface area (Å²) < 4.78 is 6.28. The van der Waals surface area contributed by atoms with Crippen molar-refractivity contribution in [2.24, 2.45) is 0 Å². The highest BCUT2D eigenvalue weighted by molar-refractivity contribution is 6.30. The number of hydrogen-bond acceptors (Lipinski definition) is 3. The number of benzene rings is 3. The molecule has 1 N–H and O–H groups in total. The molecule has 3 aromatic carbocycles. The van der Waals surface area contributed by atoms with E-state index in [2.05, 4.69) is 19.1 Å². The summed E-state index contributed by atoms with van der Waals surface area (Å²) in [5.74, 6) is -0.265. The molecule has 0 unspecified atom stereocenters. The van der Waals surface area contributed by atoms with E-state index in [1.165, 1.54) is 5.56 Å².